The highest BCUT2D eigenvalue weighted by Gasteiger charge is 2.34. The predicted octanol–water partition coefficient (Wildman–Crippen LogP) is 2.02. The topological polar surface area (TPSA) is 50.4 Å². The Bertz CT molecular complexity index is 481. The van der Waals surface area contributed by atoms with E-state index >= 15 is 0 Å². The third-order valence-electron chi connectivity index (χ3n) is 3.78. The van der Waals surface area contributed by atoms with Crippen LogP contribution in [-0.2, 0) is 9.53 Å². The molecule has 21 heavy (non-hydrogen) atoms. The summed E-state index contributed by atoms with van der Waals surface area (Å²) >= 11 is 0. The van der Waals surface area contributed by atoms with E-state index < -0.39 is 0 Å². The van der Waals surface area contributed by atoms with Crippen molar-refractivity contribution in [3.8, 4) is 0 Å². The molecule has 0 radical (unpaired) electrons. The van der Waals surface area contributed by atoms with Gasteiger partial charge in [-0.1, -0.05) is 19.1 Å². The number of nitrogens with one attached hydrogen (secondary N) is 2. The molecule has 1 aromatic rings. The Morgan fingerprint density at radius 2 is 2.29 bits per heavy atom. The lowest BCUT2D eigenvalue weighted by Gasteiger charge is -2.21. The van der Waals surface area contributed by atoms with Crippen LogP contribution in [0.3, 0.4) is 0 Å². The first kappa shape index (κ1) is 15.9. The van der Waals surface area contributed by atoms with Crippen LogP contribution < -0.4 is 10.6 Å². The van der Waals surface area contributed by atoms with E-state index in [0.717, 1.165) is 18.5 Å². The van der Waals surface area contributed by atoms with Gasteiger partial charge in [-0.25, -0.2) is 4.39 Å². The molecule has 1 aliphatic rings. The van der Waals surface area contributed by atoms with Crippen molar-refractivity contribution in [3.05, 3.63) is 35.6 Å². The molecule has 1 aliphatic heterocycles. The molecule has 1 fully saturated rings. The molecular weight excluding hydrogens is 271 g/mol. The number of benzene rings is 1. The van der Waals surface area contributed by atoms with E-state index in [1.165, 1.54) is 12.1 Å². The number of hydrogen-bond acceptors (Lipinski definition) is 3. The molecule has 0 spiro atoms. The van der Waals surface area contributed by atoms with Crippen molar-refractivity contribution >= 4 is 5.91 Å². The minimum atomic E-state index is -0.291. The van der Waals surface area contributed by atoms with Crippen LogP contribution in [0.5, 0.6) is 0 Å². The van der Waals surface area contributed by atoms with Gasteiger partial charge in [-0.15, -0.1) is 0 Å². The Hall–Kier alpha value is -1.46. The molecular formula is C16H23FN2O2. The van der Waals surface area contributed by atoms with Crippen LogP contribution in [0.4, 0.5) is 4.39 Å². The molecule has 116 valence electrons. The van der Waals surface area contributed by atoms with Crippen LogP contribution in [0, 0.1) is 11.7 Å². The number of ether oxygens (including phenoxy) is 1. The van der Waals surface area contributed by atoms with Gasteiger partial charge in [-0.05, 0) is 37.6 Å². The SMILES string of the molecule is CCCNC1COCC1C(=O)NC(C)c1cccc(F)c1. The summed E-state index contributed by atoms with van der Waals surface area (Å²) in [5.41, 5.74) is 0.764. The third kappa shape index (κ3) is 4.25. The van der Waals surface area contributed by atoms with Crippen LogP contribution >= 0.6 is 0 Å². The first-order valence-corrected chi connectivity index (χ1v) is 7.48. The Labute approximate surface area is 125 Å². The lowest BCUT2D eigenvalue weighted by Crippen LogP contribution is -2.44. The molecule has 4 nitrogen and oxygen atoms in total. The maximum absolute atomic E-state index is 13.2. The van der Waals surface area contributed by atoms with Gasteiger partial charge in [-0.3, -0.25) is 4.79 Å². The van der Waals surface area contributed by atoms with Gasteiger partial charge in [-0.2, -0.15) is 0 Å². The summed E-state index contributed by atoms with van der Waals surface area (Å²) in [6, 6.07) is 6.14. The van der Waals surface area contributed by atoms with Gasteiger partial charge in [0.05, 0.1) is 25.2 Å². The predicted molar refractivity (Wildman–Crippen MR) is 79.3 cm³/mol. The summed E-state index contributed by atoms with van der Waals surface area (Å²) in [6.07, 6.45) is 1.02. The highest BCUT2D eigenvalue weighted by atomic mass is 19.1. The molecule has 1 heterocycles. The van der Waals surface area contributed by atoms with Gasteiger partial charge in [0.1, 0.15) is 5.82 Å². The molecule has 2 rings (SSSR count). The van der Waals surface area contributed by atoms with Crippen molar-refractivity contribution < 1.29 is 13.9 Å². The average Bonchev–Trinajstić information content (AvgIpc) is 2.93. The molecule has 0 aromatic heterocycles. The molecule has 2 N–H and O–H groups in total. The highest BCUT2D eigenvalue weighted by Crippen LogP contribution is 2.18. The summed E-state index contributed by atoms with van der Waals surface area (Å²) in [4.78, 5) is 12.4. The monoisotopic (exact) mass is 294 g/mol. The summed E-state index contributed by atoms with van der Waals surface area (Å²) < 4.78 is 18.6. The van der Waals surface area contributed by atoms with Crippen molar-refractivity contribution in [2.45, 2.75) is 32.4 Å². The number of amides is 1. The first-order chi connectivity index (χ1) is 10.1. The highest BCUT2D eigenvalue weighted by molar-refractivity contribution is 5.80. The minimum absolute atomic E-state index is 0.0436. The summed E-state index contributed by atoms with van der Waals surface area (Å²) in [5, 5.41) is 6.28. The van der Waals surface area contributed by atoms with E-state index in [1.807, 2.05) is 13.0 Å². The molecule has 1 aromatic carbocycles. The van der Waals surface area contributed by atoms with E-state index in [1.54, 1.807) is 6.07 Å². The van der Waals surface area contributed by atoms with Gasteiger partial charge in [0, 0.05) is 6.04 Å². The molecule has 1 saturated heterocycles. The van der Waals surface area contributed by atoms with E-state index in [-0.39, 0.29) is 29.7 Å². The fourth-order valence-electron chi connectivity index (χ4n) is 2.52. The second kappa shape index (κ2) is 7.52. The number of hydrogen-bond donors (Lipinski definition) is 2. The fourth-order valence-corrected chi connectivity index (χ4v) is 2.52. The third-order valence-corrected chi connectivity index (χ3v) is 3.78. The Balaban J connectivity index is 1.94. The molecule has 3 atom stereocenters. The minimum Gasteiger partial charge on any atom is -0.379 e. The molecule has 1 amide bonds. The number of halogens is 1. The van der Waals surface area contributed by atoms with Crippen molar-refractivity contribution in [3.63, 3.8) is 0 Å². The van der Waals surface area contributed by atoms with Crippen LogP contribution in [0.25, 0.3) is 0 Å². The van der Waals surface area contributed by atoms with Gasteiger partial charge in [0.2, 0.25) is 5.91 Å². The standard InChI is InChI=1S/C16H23FN2O2/c1-3-7-18-15-10-21-9-14(15)16(20)19-11(2)12-5-4-6-13(17)8-12/h4-6,8,11,14-15,18H,3,7,9-10H2,1-2H3,(H,19,20). The van der Waals surface area contributed by atoms with Crippen LogP contribution in [0.15, 0.2) is 24.3 Å². The van der Waals surface area contributed by atoms with Crippen LogP contribution in [0.1, 0.15) is 31.9 Å². The van der Waals surface area contributed by atoms with Crippen LogP contribution in [-0.4, -0.2) is 31.7 Å². The van der Waals surface area contributed by atoms with Gasteiger partial charge in [0.25, 0.3) is 0 Å². The van der Waals surface area contributed by atoms with Crippen LogP contribution in [0.2, 0.25) is 0 Å². The molecule has 3 unspecified atom stereocenters. The molecule has 0 saturated carbocycles. The van der Waals surface area contributed by atoms with Gasteiger partial charge >= 0.3 is 0 Å². The maximum Gasteiger partial charge on any atom is 0.227 e. The zero-order chi connectivity index (χ0) is 15.2. The number of carbonyl (C=O) groups excluding carboxylic acids is 1. The van der Waals surface area contributed by atoms with Crippen molar-refractivity contribution in [1.82, 2.24) is 10.6 Å². The molecule has 0 bridgehead atoms. The van der Waals surface area contributed by atoms with E-state index in [9.17, 15) is 9.18 Å². The average molecular weight is 294 g/mol. The largest absolute Gasteiger partial charge is 0.379 e. The Kier molecular flexibility index (Phi) is 5.70. The first-order valence-electron chi connectivity index (χ1n) is 7.48. The number of carbonyl (C=O) groups is 1. The Morgan fingerprint density at radius 1 is 1.48 bits per heavy atom. The molecule has 0 aliphatic carbocycles. The zero-order valence-electron chi connectivity index (χ0n) is 12.6. The van der Waals surface area contributed by atoms with Crippen molar-refractivity contribution in [1.29, 1.82) is 0 Å². The van der Waals surface area contributed by atoms with Gasteiger partial charge in [0.15, 0.2) is 0 Å². The van der Waals surface area contributed by atoms with E-state index in [0.29, 0.717) is 13.2 Å². The Morgan fingerprint density at radius 3 is 3.00 bits per heavy atom. The summed E-state index contributed by atoms with van der Waals surface area (Å²) in [5.74, 6) is -0.522. The second-order valence-electron chi connectivity index (χ2n) is 5.49. The van der Waals surface area contributed by atoms with Crippen molar-refractivity contribution in [2.24, 2.45) is 5.92 Å². The van der Waals surface area contributed by atoms with Gasteiger partial charge < -0.3 is 15.4 Å². The second-order valence-corrected chi connectivity index (χ2v) is 5.49. The van der Waals surface area contributed by atoms with E-state index in [4.69, 9.17) is 4.74 Å². The quantitative estimate of drug-likeness (QED) is 0.844. The smallest absolute Gasteiger partial charge is 0.227 e. The fraction of sp³-hybridized carbons (Fsp3) is 0.562. The number of rotatable bonds is 6. The molecule has 5 heteroatoms. The normalized spacial score (nSPS) is 23.0. The van der Waals surface area contributed by atoms with E-state index in [2.05, 4.69) is 17.6 Å². The summed E-state index contributed by atoms with van der Waals surface area (Å²) in [7, 11) is 0. The summed E-state index contributed by atoms with van der Waals surface area (Å²) in [6.45, 7) is 5.81. The maximum atomic E-state index is 13.2. The lowest BCUT2D eigenvalue weighted by molar-refractivity contribution is -0.126. The lowest BCUT2D eigenvalue weighted by atomic mass is 10.0. The zero-order valence-corrected chi connectivity index (χ0v) is 12.6. The van der Waals surface area contributed by atoms with Crippen molar-refractivity contribution in [2.75, 3.05) is 19.8 Å².